The Hall–Kier alpha value is -1.06. The van der Waals surface area contributed by atoms with Crippen LogP contribution in [0.1, 0.15) is 31.9 Å². The lowest BCUT2D eigenvalue weighted by molar-refractivity contribution is 0.0192. The molecule has 1 rings (SSSR count). The molecule has 0 amide bonds. The van der Waals surface area contributed by atoms with Crippen molar-refractivity contribution in [2.45, 2.75) is 32.5 Å². The first kappa shape index (κ1) is 13.0. The lowest BCUT2D eigenvalue weighted by Gasteiger charge is -2.23. The van der Waals surface area contributed by atoms with E-state index < -0.39 is 12.2 Å². The van der Waals surface area contributed by atoms with Gasteiger partial charge in [0.05, 0.1) is 19.3 Å². The molecule has 0 bridgehead atoms. The van der Waals surface area contributed by atoms with E-state index in [0.717, 1.165) is 11.3 Å². The maximum absolute atomic E-state index is 10.1. The van der Waals surface area contributed by atoms with Crippen LogP contribution < -0.4 is 4.74 Å². The monoisotopic (exact) mass is 224 g/mol. The second-order valence-corrected chi connectivity index (χ2v) is 4.05. The van der Waals surface area contributed by atoms with Gasteiger partial charge in [0, 0.05) is 5.92 Å². The molecule has 0 aliphatic rings. The van der Waals surface area contributed by atoms with E-state index in [-0.39, 0.29) is 5.92 Å². The van der Waals surface area contributed by atoms with Gasteiger partial charge in [0.2, 0.25) is 0 Å². The van der Waals surface area contributed by atoms with E-state index in [1.807, 2.05) is 38.1 Å². The molecule has 0 aliphatic heterocycles. The lowest BCUT2D eigenvalue weighted by Crippen LogP contribution is -2.23. The Bertz CT molecular complexity index is 307. The molecule has 0 aromatic heterocycles. The van der Waals surface area contributed by atoms with Gasteiger partial charge in [-0.15, -0.1) is 0 Å². The van der Waals surface area contributed by atoms with E-state index in [2.05, 4.69) is 0 Å². The molecule has 0 heterocycles. The predicted octanol–water partition coefficient (Wildman–Crippen LogP) is 2.14. The summed E-state index contributed by atoms with van der Waals surface area (Å²) in [7, 11) is 1.61. The standard InChI is InChI=1S/C13H20O3/c1-4-12(14)9(2)13(15)10-5-7-11(16-3)8-6-10/h5-9,12-15H,4H2,1-3H3/t9?,12-,13+/m1/s1. The van der Waals surface area contributed by atoms with Gasteiger partial charge in [-0.1, -0.05) is 26.0 Å². The maximum atomic E-state index is 10.1. The Morgan fingerprint density at radius 2 is 1.75 bits per heavy atom. The maximum Gasteiger partial charge on any atom is 0.118 e. The average molecular weight is 224 g/mol. The fraction of sp³-hybridized carbons (Fsp3) is 0.538. The van der Waals surface area contributed by atoms with Crippen molar-refractivity contribution >= 4 is 0 Å². The van der Waals surface area contributed by atoms with Gasteiger partial charge < -0.3 is 14.9 Å². The third-order valence-electron chi connectivity index (χ3n) is 2.98. The summed E-state index contributed by atoms with van der Waals surface area (Å²) in [4.78, 5) is 0. The third kappa shape index (κ3) is 2.97. The van der Waals surface area contributed by atoms with E-state index in [9.17, 15) is 10.2 Å². The van der Waals surface area contributed by atoms with Crippen LogP contribution in [0.5, 0.6) is 5.75 Å². The number of hydrogen-bond donors (Lipinski definition) is 2. The first-order valence-corrected chi connectivity index (χ1v) is 5.60. The predicted molar refractivity (Wildman–Crippen MR) is 63.4 cm³/mol. The van der Waals surface area contributed by atoms with Crippen molar-refractivity contribution in [3.63, 3.8) is 0 Å². The molecule has 3 atom stereocenters. The molecule has 2 N–H and O–H groups in total. The number of benzene rings is 1. The van der Waals surface area contributed by atoms with Gasteiger partial charge in [-0.05, 0) is 24.1 Å². The Morgan fingerprint density at radius 1 is 1.19 bits per heavy atom. The molecular weight excluding hydrogens is 204 g/mol. The molecule has 0 aliphatic carbocycles. The minimum Gasteiger partial charge on any atom is -0.497 e. The van der Waals surface area contributed by atoms with Crippen LogP contribution in [0.3, 0.4) is 0 Å². The van der Waals surface area contributed by atoms with Gasteiger partial charge in [0.1, 0.15) is 5.75 Å². The van der Waals surface area contributed by atoms with Crippen LogP contribution in [0.2, 0.25) is 0 Å². The lowest BCUT2D eigenvalue weighted by atomic mass is 9.91. The molecule has 90 valence electrons. The molecule has 1 aromatic carbocycles. The molecule has 16 heavy (non-hydrogen) atoms. The molecule has 3 nitrogen and oxygen atoms in total. The minimum absolute atomic E-state index is 0.168. The number of methoxy groups -OCH3 is 1. The van der Waals surface area contributed by atoms with Crippen molar-refractivity contribution in [2.75, 3.05) is 7.11 Å². The quantitative estimate of drug-likeness (QED) is 0.805. The van der Waals surface area contributed by atoms with Gasteiger partial charge >= 0.3 is 0 Å². The molecule has 0 radical (unpaired) electrons. The summed E-state index contributed by atoms with van der Waals surface area (Å²) in [6.07, 6.45) is -0.466. The molecule has 0 fully saturated rings. The zero-order chi connectivity index (χ0) is 12.1. The molecule has 0 spiro atoms. The normalized spacial score (nSPS) is 16.6. The topological polar surface area (TPSA) is 49.7 Å². The van der Waals surface area contributed by atoms with E-state index in [1.54, 1.807) is 7.11 Å². The summed E-state index contributed by atoms with van der Waals surface area (Å²) in [6.45, 7) is 3.75. The van der Waals surface area contributed by atoms with Crippen molar-refractivity contribution in [2.24, 2.45) is 5.92 Å². The molecular formula is C13H20O3. The fourth-order valence-electron chi connectivity index (χ4n) is 1.69. The Labute approximate surface area is 96.7 Å². The summed E-state index contributed by atoms with van der Waals surface area (Å²) < 4.78 is 5.05. The molecule has 0 saturated carbocycles. The highest BCUT2D eigenvalue weighted by molar-refractivity contribution is 5.28. The highest BCUT2D eigenvalue weighted by Gasteiger charge is 2.22. The number of hydrogen-bond acceptors (Lipinski definition) is 3. The summed E-state index contributed by atoms with van der Waals surface area (Å²) >= 11 is 0. The highest BCUT2D eigenvalue weighted by atomic mass is 16.5. The van der Waals surface area contributed by atoms with Crippen molar-refractivity contribution in [1.82, 2.24) is 0 Å². The zero-order valence-corrected chi connectivity index (χ0v) is 10.1. The van der Waals surface area contributed by atoms with E-state index in [4.69, 9.17) is 4.74 Å². The number of ether oxygens (including phenoxy) is 1. The van der Waals surface area contributed by atoms with Crippen molar-refractivity contribution < 1.29 is 14.9 Å². The van der Waals surface area contributed by atoms with Crippen LogP contribution >= 0.6 is 0 Å². The summed E-state index contributed by atoms with van der Waals surface area (Å²) in [5, 5.41) is 19.7. The molecule has 0 saturated heterocycles. The second-order valence-electron chi connectivity index (χ2n) is 4.05. The third-order valence-corrected chi connectivity index (χ3v) is 2.98. The number of aliphatic hydroxyl groups excluding tert-OH is 2. The van der Waals surface area contributed by atoms with Crippen LogP contribution in [-0.2, 0) is 0 Å². The van der Waals surface area contributed by atoms with Gasteiger partial charge in [-0.2, -0.15) is 0 Å². The molecule has 1 unspecified atom stereocenters. The second kappa shape index (κ2) is 5.87. The van der Waals surface area contributed by atoms with Crippen molar-refractivity contribution in [3.05, 3.63) is 29.8 Å². The van der Waals surface area contributed by atoms with Gasteiger partial charge in [0.25, 0.3) is 0 Å². The number of aliphatic hydroxyl groups is 2. The SMILES string of the molecule is CC[C@@H](O)C(C)[C@H](O)c1ccc(OC)cc1. The first-order valence-electron chi connectivity index (χ1n) is 5.60. The summed E-state index contributed by atoms with van der Waals surface area (Å²) in [6, 6.07) is 7.26. The van der Waals surface area contributed by atoms with E-state index >= 15 is 0 Å². The summed E-state index contributed by atoms with van der Waals surface area (Å²) in [5.41, 5.74) is 0.806. The van der Waals surface area contributed by atoms with E-state index in [0.29, 0.717) is 6.42 Å². The van der Waals surface area contributed by atoms with Crippen LogP contribution in [0, 0.1) is 5.92 Å². The molecule has 1 aromatic rings. The average Bonchev–Trinajstić information content (AvgIpc) is 2.36. The number of rotatable bonds is 5. The fourth-order valence-corrected chi connectivity index (χ4v) is 1.69. The largest absolute Gasteiger partial charge is 0.497 e. The Balaban J connectivity index is 2.75. The van der Waals surface area contributed by atoms with Gasteiger partial charge in [-0.25, -0.2) is 0 Å². The van der Waals surface area contributed by atoms with Crippen LogP contribution in [-0.4, -0.2) is 23.4 Å². The minimum atomic E-state index is -0.638. The van der Waals surface area contributed by atoms with Crippen molar-refractivity contribution in [3.8, 4) is 5.75 Å². The smallest absolute Gasteiger partial charge is 0.118 e. The van der Waals surface area contributed by atoms with Crippen molar-refractivity contribution in [1.29, 1.82) is 0 Å². The van der Waals surface area contributed by atoms with E-state index in [1.165, 1.54) is 0 Å². The Kier molecular flexibility index (Phi) is 4.77. The summed E-state index contributed by atoms with van der Waals surface area (Å²) in [5.74, 6) is 0.595. The Morgan fingerprint density at radius 3 is 2.19 bits per heavy atom. The highest BCUT2D eigenvalue weighted by Crippen LogP contribution is 2.26. The van der Waals surface area contributed by atoms with Crippen LogP contribution in [0.25, 0.3) is 0 Å². The first-order chi connectivity index (χ1) is 7.60. The van der Waals surface area contributed by atoms with Gasteiger partial charge in [-0.3, -0.25) is 0 Å². The molecule has 3 heteroatoms. The van der Waals surface area contributed by atoms with Gasteiger partial charge in [0.15, 0.2) is 0 Å². The van der Waals surface area contributed by atoms with Crippen LogP contribution in [0.4, 0.5) is 0 Å². The van der Waals surface area contributed by atoms with Crippen LogP contribution in [0.15, 0.2) is 24.3 Å². The zero-order valence-electron chi connectivity index (χ0n) is 10.1.